The van der Waals surface area contributed by atoms with E-state index in [2.05, 4.69) is 14.8 Å². The van der Waals surface area contributed by atoms with Gasteiger partial charge in [-0.2, -0.15) is 0 Å². The predicted molar refractivity (Wildman–Crippen MR) is 81.6 cm³/mol. The van der Waals surface area contributed by atoms with Gasteiger partial charge in [0.05, 0.1) is 6.61 Å². The molecule has 0 radical (unpaired) electrons. The zero-order chi connectivity index (χ0) is 13.0. The van der Waals surface area contributed by atoms with Crippen LogP contribution in [0.3, 0.4) is 0 Å². The number of nitrogens with one attached hydrogen (secondary N) is 1. The zero-order valence-corrected chi connectivity index (χ0v) is 12.2. The predicted octanol–water partition coefficient (Wildman–Crippen LogP) is 3.16. The van der Waals surface area contributed by atoms with Crippen LogP contribution < -0.4 is 5.32 Å². The highest BCUT2D eigenvalue weighted by Crippen LogP contribution is 2.11. The molecule has 0 aromatic carbocycles. The third-order valence-electron chi connectivity index (χ3n) is 1.56. The van der Waals surface area contributed by atoms with Gasteiger partial charge in [-0.25, -0.2) is 0 Å². The molecule has 0 fully saturated rings. The topological polar surface area (TPSA) is 47.6 Å². The number of rotatable bonds is 4. The fourth-order valence-corrected chi connectivity index (χ4v) is 1.35. The van der Waals surface area contributed by atoms with Crippen molar-refractivity contribution in [2.45, 2.75) is 73.6 Å². The summed E-state index contributed by atoms with van der Waals surface area (Å²) in [4.78, 5) is 11.9. The van der Waals surface area contributed by atoms with E-state index in [9.17, 15) is 4.79 Å². The molecular weight excluding hydrogens is 249 g/mol. The van der Waals surface area contributed by atoms with Crippen LogP contribution in [0.2, 0.25) is 0 Å². The molecular formula is C13H32NO3P. The number of carbonyl (C=O) groups is 1. The smallest absolute Gasteiger partial charge is 0.326 e. The summed E-state index contributed by atoms with van der Waals surface area (Å²) in [5.41, 5.74) is -0.638. The van der Waals surface area contributed by atoms with E-state index in [1.54, 1.807) is 0 Å². The van der Waals surface area contributed by atoms with Gasteiger partial charge < -0.3 is 9.26 Å². The first-order valence-electron chi connectivity index (χ1n) is 5.37. The van der Waals surface area contributed by atoms with E-state index in [0.717, 1.165) is 0 Å². The molecule has 0 spiro atoms. The molecule has 0 heterocycles. The maximum absolute atomic E-state index is 11.9. The van der Waals surface area contributed by atoms with Gasteiger partial charge in [-0.05, 0) is 41.5 Å². The van der Waals surface area contributed by atoms with Crippen molar-refractivity contribution < 1.29 is 14.1 Å². The molecule has 18 heavy (non-hydrogen) atoms. The van der Waals surface area contributed by atoms with E-state index in [0.29, 0.717) is 0 Å². The van der Waals surface area contributed by atoms with Crippen LogP contribution in [0.25, 0.3) is 0 Å². The number of hydrogen-bond acceptors (Lipinski definition) is 4. The number of ether oxygens (including phenoxy) is 1. The van der Waals surface area contributed by atoms with Crippen molar-refractivity contribution in [3.05, 3.63) is 0 Å². The van der Waals surface area contributed by atoms with Crippen LogP contribution in [0.1, 0.15) is 56.4 Å². The molecule has 0 aliphatic heterocycles. The molecule has 5 heteroatoms. The summed E-state index contributed by atoms with van der Waals surface area (Å²) >= 11 is 0. The van der Waals surface area contributed by atoms with Gasteiger partial charge in [0.2, 0.25) is 0 Å². The Hall–Kier alpha value is -0.180. The first-order valence-corrected chi connectivity index (χ1v) is 5.84. The highest BCUT2D eigenvalue weighted by Gasteiger charge is 2.28. The van der Waals surface area contributed by atoms with Crippen molar-refractivity contribution in [2.75, 3.05) is 6.61 Å². The first-order chi connectivity index (χ1) is 7.05. The Kier molecular flexibility index (Phi) is 11.3. The van der Waals surface area contributed by atoms with E-state index in [-0.39, 0.29) is 33.0 Å². The van der Waals surface area contributed by atoms with Gasteiger partial charge in [-0.15, -0.1) is 0 Å². The summed E-state index contributed by atoms with van der Waals surface area (Å²) in [5.74, 6) is -0.287. The largest absolute Gasteiger partial charge is 0.459 e. The Morgan fingerprint density at radius 2 is 1.61 bits per heavy atom. The van der Waals surface area contributed by atoms with Gasteiger partial charge in [0, 0.05) is 15.0 Å². The SMILES string of the molecule is C.C.CC(C)(C)NC(COP)C(=O)OC(C)(C)C. The molecule has 0 aromatic heterocycles. The minimum atomic E-state index is -0.476. The number of hydrogen-bond donors (Lipinski definition) is 1. The van der Waals surface area contributed by atoms with Crippen molar-refractivity contribution in [2.24, 2.45) is 0 Å². The van der Waals surface area contributed by atoms with Crippen LogP contribution in [0, 0.1) is 0 Å². The molecule has 2 atom stereocenters. The molecule has 0 aliphatic carbocycles. The summed E-state index contributed by atoms with van der Waals surface area (Å²) in [6.07, 6.45) is 0. The fourth-order valence-electron chi connectivity index (χ4n) is 1.16. The lowest BCUT2D eigenvalue weighted by atomic mass is 10.1. The lowest BCUT2D eigenvalue weighted by Gasteiger charge is -2.29. The molecule has 0 aromatic rings. The van der Waals surface area contributed by atoms with E-state index in [4.69, 9.17) is 9.26 Å². The van der Waals surface area contributed by atoms with Gasteiger partial charge in [0.15, 0.2) is 0 Å². The van der Waals surface area contributed by atoms with Crippen molar-refractivity contribution in [3.63, 3.8) is 0 Å². The highest BCUT2D eigenvalue weighted by atomic mass is 31.0. The van der Waals surface area contributed by atoms with Crippen LogP contribution in [0.4, 0.5) is 0 Å². The Balaban J connectivity index is -0.00000112. The molecule has 1 N–H and O–H groups in total. The maximum Gasteiger partial charge on any atom is 0.326 e. The standard InChI is InChI=1S/C11H24NO3P.2CH4/c1-10(2,3)12-8(7-14-16)9(13)15-11(4,5)6;;/h8,12H,7,16H2,1-6H3;2*1H4. The van der Waals surface area contributed by atoms with Crippen LogP contribution in [-0.2, 0) is 14.1 Å². The van der Waals surface area contributed by atoms with Crippen LogP contribution in [0.15, 0.2) is 0 Å². The summed E-state index contributed by atoms with van der Waals surface area (Å²) in [6.45, 7) is 11.8. The van der Waals surface area contributed by atoms with E-state index in [1.807, 2.05) is 41.5 Å². The lowest BCUT2D eigenvalue weighted by Crippen LogP contribution is -2.51. The summed E-state index contributed by atoms with van der Waals surface area (Å²) in [6, 6.07) is -0.447. The van der Waals surface area contributed by atoms with E-state index < -0.39 is 11.6 Å². The van der Waals surface area contributed by atoms with Crippen LogP contribution in [-0.4, -0.2) is 29.8 Å². The van der Waals surface area contributed by atoms with Crippen molar-refractivity contribution in [1.29, 1.82) is 0 Å². The molecule has 0 rings (SSSR count). The second-order valence-electron chi connectivity index (χ2n) is 5.81. The molecule has 0 amide bonds. The molecule has 0 aliphatic rings. The van der Waals surface area contributed by atoms with Gasteiger partial charge in [-0.1, -0.05) is 14.9 Å². The van der Waals surface area contributed by atoms with Crippen LogP contribution in [0.5, 0.6) is 0 Å². The fraction of sp³-hybridized carbons (Fsp3) is 0.923. The maximum atomic E-state index is 11.9. The summed E-state index contributed by atoms with van der Waals surface area (Å²) in [5, 5.41) is 3.17. The van der Waals surface area contributed by atoms with E-state index in [1.165, 1.54) is 0 Å². The monoisotopic (exact) mass is 281 g/mol. The van der Waals surface area contributed by atoms with Crippen LogP contribution >= 0.6 is 9.47 Å². The Morgan fingerprint density at radius 1 is 1.17 bits per heavy atom. The lowest BCUT2D eigenvalue weighted by molar-refractivity contribution is -0.158. The van der Waals surface area contributed by atoms with E-state index >= 15 is 0 Å². The normalized spacial score (nSPS) is 13.1. The third-order valence-corrected chi connectivity index (χ3v) is 1.75. The van der Waals surface area contributed by atoms with Crippen molar-refractivity contribution in [1.82, 2.24) is 5.32 Å². The Labute approximate surface area is 115 Å². The summed E-state index contributed by atoms with van der Waals surface area (Å²) in [7, 11) is 2.14. The average Bonchev–Trinajstić information content (AvgIpc) is 1.97. The number of esters is 1. The molecule has 2 unspecified atom stereocenters. The molecule has 0 bridgehead atoms. The minimum absolute atomic E-state index is 0. The minimum Gasteiger partial charge on any atom is -0.459 e. The third kappa shape index (κ3) is 12.3. The second-order valence-corrected chi connectivity index (χ2v) is 6.15. The molecule has 0 saturated heterocycles. The summed E-state index contributed by atoms with van der Waals surface area (Å²) < 4.78 is 10.2. The Morgan fingerprint density at radius 3 is 1.89 bits per heavy atom. The van der Waals surface area contributed by atoms with Crippen molar-refractivity contribution >= 4 is 15.4 Å². The van der Waals surface area contributed by atoms with Gasteiger partial charge in [0.25, 0.3) is 0 Å². The highest BCUT2D eigenvalue weighted by molar-refractivity contribution is 7.09. The van der Waals surface area contributed by atoms with Gasteiger partial charge in [-0.3, -0.25) is 10.1 Å². The molecule has 4 nitrogen and oxygen atoms in total. The molecule has 0 saturated carbocycles. The Bertz CT molecular complexity index is 231. The zero-order valence-electron chi connectivity index (χ0n) is 11.1. The van der Waals surface area contributed by atoms with Gasteiger partial charge in [0.1, 0.15) is 11.6 Å². The van der Waals surface area contributed by atoms with Crippen molar-refractivity contribution in [3.8, 4) is 0 Å². The number of carbonyl (C=O) groups excluding carboxylic acids is 1. The second kappa shape index (κ2) is 8.84. The average molecular weight is 281 g/mol. The molecule has 112 valence electrons. The van der Waals surface area contributed by atoms with Gasteiger partial charge >= 0.3 is 5.97 Å². The first kappa shape index (κ1) is 23.0. The quantitative estimate of drug-likeness (QED) is 0.635.